The van der Waals surface area contributed by atoms with E-state index < -0.39 is 0 Å². The third-order valence-corrected chi connectivity index (χ3v) is 12.1. The smallest absolute Gasteiger partial charge is 0.164 e. The Morgan fingerprint density at radius 1 is 0.203 bits per heavy atom. The van der Waals surface area contributed by atoms with Gasteiger partial charge in [0.25, 0.3) is 0 Å². The predicted molar refractivity (Wildman–Crippen MR) is 263 cm³/mol. The van der Waals surface area contributed by atoms with Gasteiger partial charge in [0.05, 0.1) is 11.4 Å². The molecule has 5 nitrogen and oxygen atoms in total. The predicted octanol–water partition coefficient (Wildman–Crippen LogP) is 14.9. The second-order valence-corrected chi connectivity index (χ2v) is 16.2. The molecule has 0 fully saturated rings. The first-order valence-corrected chi connectivity index (χ1v) is 21.4. The van der Waals surface area contributed by atoms with E-state index in [0.29, 0.717) is 17.5 Å². The van der Waals surface area contributed by atoms with Crippen LogP contribution in [0.5, 0.6) is 0 Å². The summed E-state index contributed by atoms with van der Waals surface area (Å²) in [5.41, 5.74) is 11.0. The van der Waals surface area contributed by atoms with Crippen molar-refractivity contribution < 1.29 is 0 Å². The molecule has 0 N–H and O–H groups in total. The molecule has 0 atom stereocenters. The largest absolute Gasteiger partial charge is 0.256 e. The summed E-state index contributed by atoms with van der Waals surface area (Å²) in [4.78, 5) is 25.0. The van der Waals surface area contributed by atoms with E-state index in [4.69, 9.17) is 15.0 Å². The van der Waals surface area contributed by atoms with Crippen molar-refractivity contribution in [2.24, 2.45) is 0 Å². The third-order valence-electron chi connectivity index (χ3n) is 12.1. The van der Waals surface area contributed by atoms with Gasteiger partial charge in [0.15, 0.2) is 17.5 Å². The van der Waals surface area contributed by atoms with Crippen LogP contribution in [0.2, 0.25) is 0 Å². The molecular formula is C59H37N5. The standard InChI is InChI=1S/C59H37N5/c1-3-11-44-31-52-33-48(25-23-46(52)29-42(44)9-1)57-62-58(49-26-24-47-30-43-10-2-4-12-45(43)32-53(47)34-49)64-59(63-57)54-36-50(38-15-19-40(20-16-38)55-13-5-7-27-60-55)35-51(37-54)39-17-21-41(22-18-39)56-14-6-8-28-61-56/h1-37H. The van der Waals surface area contributed by atoms with Crippen molar-refractivity contribution in [3.8, 4) is 78.9 Å². The number of rotatable bonds is 7. The first-order valence-electron chi connectivity index (χ1n) is 21.4. The van der Waals surface area contributed by atoms with Crippen molar-refractivity contribution >= 4 is 43.1 Å². The average Bonchev–Trinajstić information content (AvgIpc) is 3.37. The van der Waals surface area contributed by atoms with E-state index >= 15 is 0 Å². The fourth-order valence-electron chi connectivity index (χ4n) is 8.75. The molecule has 9 aromatic carbocycles. The second-order valence-electron chi connectivity index (χ2n) is 16.2. The number of aromatic nitrogens is 5. The number of hydrogen-bond acceptors (Lipinski definition) is 5. The zero-order valence-electron chi connectivity index (χ0n) is 34.6. The Balaban J connectivity index is 1.04. The molecule has 0 amide bonds. The highest BCUT2D eigenvalue weighted by atomic mass is 15.0. The van der Waals surface area contributed by atoms with Gasteiger partial charge in [0.1, 0.15) is 0 Å². The van der Waals surface area contributed by atoms with Gasteiger partial charge in [-0.3, -0.25) is 9.97 Å². The fourth-order valence-corrected chi connectivity index (χ4v) is 8.75. The summed E-state index contributed by atoms with van der Waals surface area (Å²) in [5.74, 6) is 1.82. The summed E-state index contributed by atoms with van der Waals surface area (Å²) >= 11 is 0. The Morgan fingerprint density at radius 3 is 0.938 bits per heavy atom. The maximum Gasteiger partial charge on any atom is 0.164 e. The lowest BCUT2D eigenvalue weighted by molar-refractivity contribution is 1.08. The molecule has 3 heterocycles. The molecule has 0 spiro atoms. The van der Waals surface area contributed by atoms with E-state index in [1.807, 2.05) is 48.8 Å². The van der Waals surface area contributed by atoms with Gasteiger partial charge in [-0.15, -0.1) is 0 Å². The van der Waals surface area contributed by atoms with Crippen LogP contribution in [0.1, 0.15) is 0 Å². The van der Waals surface area contributed by atoms with Crippen LogP contribution in [0, 0.1) is 0 Å². The van der Waals surface area contributed by atoms with Crippen LogP contribution in [0.3, 0.4) is 0 Å². The topological polar surface area (TPSA) is 64.5 Å². The van der Waals surface area contributed by atoms with Crippen molar-refractivity contribution in [2.75, 3.05) is 0 Å². The van der Waals surface area contributed by atoms with Crippen LogP contribution < -0.4 is 0 Å². The highest BCUT2D eigenvalue weighted by Crippen LogP contribution is 2.36. The number of benzene rings is 9. The van der Waals surface area contributed by atoms with Gasteiger partial charge >= 0.3 is 0 Å². The summed E-state index contributed by atoms with van der Waals surface area (Å²) in [6.07, 6.45) is 3.66. The van der Waals surface area contributed by atoms with Crippen molar-refractivity contribution in [3.05, 3.63) is 225 Å². The van der Waals surface area contributed by atoms with Crippen molar-refractivity contribution in [2.45, 2.75) is 0 Å². The van der Waals surface area contributed by atoms with E-state index in [1.165, 1.54) is 32.3 Å². The zero-order chi connectivity index (χ0) is 42.4. The molecule has 298 valence electrons. The van der Waals surface area contributed by atoms with E-state index in [1.54, 1.807) is 0 Å². The van der Waals surface area contributed by atoms with Gasteiger partial charge in [0.2, 0.25) is 0 Å². The summed E-state index contributed by atoms with van der Waals surface area (Å²) in [5, 5.41) is 9.40. The third kappa shape index (κ3) is 7.11. The first-order chi connectivity index (χ1) is 31.6. The molecule has 0 aliphatic heterocycles. The average molecular weight is 816 g/mol. The molecule has 64 heavy (non-hydrogen) atoms. The molecule has 5 heteroatoms. The number of nitrogens with zero attached hydrogens (tertiary/aromatic N) is 5. The minimum absolute atomic E-state index is 0.593. The van der Waals surface area contributed by atoms with Crippen molar-refractivity contribution in [1.29, 1.82) is 0 Å². The molecule has 12 aromatic rings. The first kappa shape index (κ1) is 37.1. The monoisotopic (exact) mass is 815 g/mol. The summed E-state index contributed by atoms with van der Waals surface area (Å²) in [6, 6.07) is 74.8. The van der Waals surface area contributed by atoms with Gasteiger partial charge < -0.3 is 0 Å². The normalized spacial score (nSPS) is 11.4. The Kier molecular flexibility index (Phi) is 9.08. The maximum absolute atomic E-state index is 5.31. The quantitative estimate of drug-likeness (QED) is 0.150. The number of fused-ring (bicyclic) bond motifs is 4. The van der Waals surface area contributed by atoms with Crippen LogP contribution >= 0.6 is 0 Å². The molecule has 0 bridgehead atoms. The van der Waals surface area contributed by atoms with E-state index in [2.05, 4.69) is 186 Å². The Hall–Kier alpha value is -8.67. The molecule has 0 radical (unpaired) electrons. The number of pyridine rings is 2. The van der Waals surface area contributed by atoms with Crippen LogP contribution in [-0.2, 0) is 0 Å². The van der Waals surface area contributed by atoms with Gasteiger partial charge in [-0.25, -0.2) is 15.0 Å². The second kappa shape index (κ2) is 15.7. The van der Waals surface area contributed by atoms with Crippen LogP contribution in [0.25, 0.3) is 122 Å². The Bertz CT molecular complexity index is 3460. The molecule has 0 saturated heterocycles. The lowest BCUT2D eigenvalue weighted by atomic mass is 9.94. The van der Waals surface area contributed by atoms with Gasteiger partial charge in [-0.1, -0.05) is 133 Å². The highest BCUT2D eigenvalue weighted by molar-refractivity contribution is 6.01. The minimum Gasteiger partial charge on any atom is -0.256 e. The van der Waals surface area contributed by atoms with Gasteiger partial charge in [0, 0.05) is 40.2 Å². The summed E-state index contributed by atoms with van der Waals surface area (Å²) in [7, 11) is 0. The Morgan fingerprint density at radius 2 is 0.531 bits per heavy atom. The molecule has 12 rings (SSSR count). The molecule has 0 saturated carbocycles. The lowest BCUT2D eigenvalue weighted by Crippen LogP contribution is -2.01. The maximum atomic E-state index is 5.31. The summed E-state index contributed by atoms with van der Waals surface area (Å²) in [6.45, 7) is 0. The summed E-state index contributed by atoms with van der Waals surface area (Å²) < 4.78 is 0. The molecule has 3 aromatic heterocycles. The molecule has 0 unspecified atom stereocenters. The highest BCUT2D eigenvalue weighted by Gasteiger charge is 2.17. The van der Waals surface area contributed by atoms with E-state index in [9.17, 15) is 0 Å². The van der Waals surface area contributed by atoms with Crippen molar-refractivity contribution in [1.82, 2.24) is 24.9 Å². The number of hydrogen-bond donors (Lipinski definition) is 0. The van der Waals surface area contributed by atoms with Crippen molar-refractivity contribution in [3.63, 3.8) is 0 Å². The van der Waals surface area contributed by atoms with Crippen LogP contribution in [0.15, 0.2) is 225 Å². The van der Waals surface area contributed by atoms with E-state index in [0.717, 1.165) is 72.2 Å². The molecule has 0 aliphatic rings. The lowest BCUT2D eigenvalue weighted by Gasteiger charge is -2.14. The fraction of sp³-hybridized carbons (Fsp3) is 0. The molecular weight excluding hydrogens is 779 g/mol. The van der Waals surface area contributed by atoms with Crippen LogP contribution in [-0.4, -0.2) is 24.9 Å². The Labute approximate surface area is 370 Å². The van der Waals surface area contributed by atoms with Gasteiger partial charge in [-0.2, -0.15) is 0 Å². The zero-order valence-corrected chi connectivity index (χ0v) is 34.6. The van der Waals surface area contributed by atoms with Gasteiger partial charge in [-0.05, 0) is 144 Å². The van der Waals surface area contributed by atoms with Crippen LogP contribution in [0.4, 0.5) is 0 Å². The SMILES string of the molecule is c1ccc(-c2ccc(-c3cc(-c4ccc(-c5ccccn5)cc4)cc(-c4nc(-c5ccc6cc7ccccc7cc6c5)nc(-c5ccc6cc7ccccc7cc6c5)n4)c3)cc2)nc1. The van der Waals surface area contributed by atoms with E-state index in [-0.39, 0.29) is 0 Å². The molecule has 0 aliphatic carbocycles. The minimum atomic E-state index is 0.593.